The van der Waals surface area contributed by atoms with E-state index in [2.05, 4.69) is 10.5 Å². The molecule has 0 saturated carbocycles. The average molecular weight is 231 g/mol. The number of nitrogens with one attached hydrogen (secondary N) is 2. The lowest BCUT2D eigenvalue weighted by molar-refractivity contribution is 0.470. The van der Waals surface area contributed by atoms with Crippen molar-refractivity contribution < 1.29 is 5.11 Å². The normalized spacial score (nSPS) is 10.8. The number of nitrogens with zero attached hydrogens (tertiary/aromatic N) is 2. The van der Waals surface area contributed by atoms with Crippen LogP contribution in [-0.2, 0) is 0 Å². The zero-order valence-electron chi connectivity index (χ0n) is 9.57. The topological polar surface area (TPSA) is 118 Å². The van der Waals surface area contributed by atoms with E-state index in [1.54, 1.807) is 19.1 Å². The Labute approximate surface area is 98.9 Å². The van der Waals surface area contributed by atoms with Crippen molar-refractivity contribution in [2.75, 3.05) is 5.43 Å². The molecule has 1 aromatic carbocycles. The largest absolute Gasteiger partial charge is 0.508 e. The van der Waals surface area contributed by atoms with Crippen LogP contribution in [0.2, 0.25) is 0 Å². The van der Waals surface area contributed by atoms with Gasteiger partial charge in [-0.05, 0) is 37.1 Å². The first-order valence-corrected chi connectivity index (χ1v) is 4.84. The van der Waals surface area contributed by atoms with E-state index in [4.69, 9.17) is 16.4 Å². The lowest BCUT2D eigenvalue weighted by atomic mass is 10.1. The number of anilines is 1. The zero-order valence-corrected chi connectivity index (χ0v) is 9.57. The highest BCUT2D eigenvalue weighted by Crippen LogP contribution is 2.26. The van der Waals surface area contributed by atoms with Gasteiger partial charge in [-0.2, -0.15) is 10.4 Å². The molecule has 6 nitrogen and oxygen atoms in total. The van der Waals surface area contributed by atoms with Crippen LogP contribution in [0.15, 0.2) is 17.2 Å². The van der Waals surface area contributed by atoms with Gasteiger partial charge in [0.2, 0.25) is 5.71 Å². The Kier molecular flexibility index (Phi) is 3.67. The summed E-state index contributed by atoms with van der Waals surface area (Å²) < 4.78 is 0. The molecule has 0 fully saturated rings. The van der Waals surface area contributed by atoms with Crippen molar-refractivity contribution in [1.82, 2.24) is 0 Å². The number of nitrogens with two attached hydrogens (primary N) is 1. The van der Waals surface area contributed by atoms with Crippen molar-refractivity contribution in [3.63, 3.8) is 0 Å². The first-order valence-electron chi connectivity index (χ1n) is 4.84. The van der Waals surface area contributed by atoms with Crippen LogP contribution in [0.1, 0.15) is 11.1 Å². The third-order valence-corrected chi connectivity index (χ3v) is 2.41. The van der Waals surface area contributed by atoms with Crippen molar-refractivity contribution in [2.24, 2.45) is 10.8 Å². The molecular formula is C11H13N5O. The summed E-state index contributed by atoms with van der Waals surface area (Å²) in [6.07, 6.45) is 0. The Bertz CT molecular complexity index is 527. The van der Waals surface area contributed by atoms with Crippen LogP contribution in [-0.4, -0.2) is 16.7 Å². The van der Waals surface area contributed by atoms with Gasteiger partial charge in [-0.1, -0.05) is 0 Å². The van der Waals surface area contributed by atoms with E-state index in [0.717, 1.165) is 11.1 Å². The summed E-state index contributed by atoms with van der Waals surface area (Å²) in [6, 6.07) is 4.87. The minimum Gasteiger partial charge on any atom is -0.508 e. The predicted octanol–water partition coefficient (Wildman–Crippen LogP) is 1.24. The van der Waals surface area contributed by atoms with E-state index in [1.807, 2.05) is 6.92 Å². The number of amidine groups is 1. The summed E-state index contributed by atoms with van der Waals surface area (Å²) in [7, 11) is 0. The van der Waals surface area contributed by atoms with Crippen molar-refractivity contribution in [3.8, 4) is 11.8 Å². The van der Waals surface area contributed by atoms with Crippen molar-refractivity contribution in [1.29, 1.82) is 10.7 Å². The molecule has 0 aromatic heterocycles. The third-order valence-electron chi connectivity index (χ3n) is 2.41. The second-order valence-corrected chi connectivity index (χ2v) is 3.48. The monoisotopic (exact) mass is 231 g/mol. The highest BCUT2D eigenvalue weighted by atomic mass is 16.3. The number of phenolic OH excluding ortho intramolecular Hbond substituents is 1. The molecular weight excluding hydrogens is 218 g/mol. The molecule has 1 rings (SSSR count). The number of aromatic hydroxyl groups is 1. The summed E-state index contributed by atoms with van der Waals surface area (Å²) >= 11 is 0. The molecule has 0 atom stereocenters. The summed E-state index contributed by atoms with van der Waals surface area (Å²) in [5.41, 5.74) is 9.81. The Balaban J connectivity index is 3.02. The Morgan fingerprint density at radius 1 is 1.47 bits per heavy atom. The van der Waals surface area contributed by atoms with Crippen LogP contribution in [0.5, 0.6) is 5.75 Å². The lowest BCUT2D eigenvalue weighted by Crippen LogP contribution is -2.22. The molecule has 0 heterocycles. The molecule has 0 aliphatic heterocycles. The maximum Gasteiger partial charge on any atom is 0.201 e. The fraction of sp³-hybridized carbons (Fsp3) is 0.182. The molecule has 0 radical (unpaired) electrons. The van der Waals surface area contributed by atoms with Gasteiger partial charge in [0.25, 0.3) is 0 Å². The molecule has 5 N–H and O–H groups in total. The number of benzene rings is 1. The standard InChI is InChI=1S/C11H13N5O/c1-6-7(2)10(17)4-3-8(6)15-16-9(5-12)11(13)14/h3-4,15,17H,1-2H3,(H3,13,14)/b16-9+. The minimum atomic E-state index is -0.395. The zero-order chi connectivity index (χ0) is 13.0. The SMILES string of the molecule is Cc1c(O)ccc(N/N=C(\C#N)C(=N)N)c1C. The van der Waals surface area contributed by atoms with Crippen molar-refractivity contribution in [2.45, 2.75) is 13.8 Å². The maximum atomic E-state index is 9.47. The van der Waals surface area contributed by atoms with Gasteiger partial charge in [-0.25, -0.2) is 0 Å². The Morgan fingerprint density at radius 2 is 2.12 bits per heavy atom. The fourth-order valence-corrected chi connectivity index (χ4v) is 1.19. The molecule has 0 unspecified atom stereocenters. The van der Waals surface area contributed by atoms with Crippen LogP contribution < -0.4 is 11.2 Å². The Morgan fingerprint density at radius 3 is 2.65 bits per heavy atom. The summed E-state index contributed by atoms with van der Waals surface area (Å²) in [4.78, 5) is 0. The van der Waals surface area contributed by atoms with Gasteiger partial charge in [-0.3, -0.25) is 10.8 Å². The molecule has 0 amide bonds. The van der Waals surface area contributed by atoms with E-state index in [0.29, 0.717) is 5.69 Å². The van der Waals surface area contributed by atoms with E-state index in [-0.39, 0.29) is 11.5 Å². The van der Waals surface area contributed by atoms with Crippen molar-refractivity contribution in [3.05, 3.63) is 23.3 Å². The van der Waals surface area contributed by atoms with E-state index < -0.39 is 5.84 Å². The molecule has 0 saturated heterocycles. The van der Waals surface area contributed by atoms with Crippen LogP contribution in [0.3, 0.4) is 0 Å². The Hall–Kier alpha value is -2.55. The number of hydrogen-bond acceptors (Lipinski definition) is 5. The summed E-state index contributed by atoms with van der Waals surface area (Å²) in [6.45, 7) is 3.59. The molecule has 88 valence electrons. The van der Waals surface area contributed by atoms with E-state index >= 15 is 0 Å². The lowest BCUT2D eigenvalue weighted by Gasteiger charge is -2.09. The molecule has 0 aliphatic carbocycles. The van der Waals surface area contributed by atoms with Gasteiger partial charge >= 0.3 is 0 Å². The number of rotatable bonds is 3. The average Bonchev–Trinajstić information content (AvgIpc) is 2.29. The van der Waals surface area contributed by atoms with Crippen LogP contribution in [0.4, 0.5) is 5.69 Å². The summed E-state index contributed by atoms with van der Waals surface area (Å²) in [5, 5.41) is 28.9. The van der Waals surface area contributed by atoms with E-state index in [9.17, 15) is 5.11 Å². The van der Waals surface area contributed by atoms with Crippen LogP contribution in [0, 0.1) is 30.6 Å². The number of hydrazone groups is 1. The summed E-state index contributed by atoms with van der Waals surface area (Å²) in [5.74, 6) is -0.197. The van der Waals surface area contributed by atoms with Crippen molar-refractivity contribution >= 4 is 17.2 Å². The fourth-order valence-electron chi connectivity index (χ4n) is 1.19. The highest BCUT2D eigenvalue weighted by molar-refractivity contribution is 6.45. The second-order valence-electron chi connectivity index (χ2n) is 3.48. The number of nitriles is 1. The highest BCUT2D eigenvalue weighted by Gasteiger charge is 2.06. The number of phenols is 1. The quantitative estimate of drug-likeness (QED) is 0.271. The van der Waals surface area contributed by atoms with Gasteiger partial charge < -0.3 is 10.8 Å². The van der Waals surface area contributed by atoms with Crippen LogP contribution >= 0.6 is 0 Å². The van der Waals surface area contributed by atoms with Gasteiger partial charge in [0.1, 0.15) is 11.8 Å². The van der Waals surface area contributed by atoms with Gasteiger partial charge in [0.15, 0.2) is 5.84 Å². The predicted molar refractivity (Wildman–Crippen MR) is 66.2 cm³/mol. The first-order chi connectivity index (χ1) is 7.97. The first kappa shape index (κ1) is 12.5. The second kappa shape index (κ2) is 4.99. The maximum absolute atomic E-state index is 9.47. The van der Waals surface area contributed by atoms with Gasteiger partial charge in [0.05, 0.1) is 5.69 Å². The number of hydrogen-bond donors (Lipinski definition) is 4. The van der Waals surface area contributed by atoms with Gasteiger partial charge in [-0.15, -0.1) is 0 Å². The molecule has 0 aliphatic rings. The van der Waals surface area contributed by atoms with Crippen LogP contribution in [0.25, 0.3) is 0 Å². The third kappa shape index (κ3) is 2.72. The van der Waals surface area contributed by atoms with Gasteiger partial charge in [0, 0.05) is 0 Å². The smallest absolute Gasteiger partial charge is 0.201 e. The molecule has 1 aromatic rings. The molecule has 17 heavy (non-hydrogen) atoms. The minimum absolute atomic E-state index is 0.185. The molecule has 6 heteroatoms. The molecule has 0 bridgehead atoms. The van der Waals surface area contributed by atoms with E-state index in [1.165, 1.54) is 6.07 Å². The molecule has 0 spiro atoms.